The molecule has 0 bridgehead atoms. The van der Waals surface area contributed by atoms with Gasteiger partial charge in [0.1, 0.15) is 0 Å². The lowest BCUT2D eigenvalue weighted by Gasteiger charge is -2.33. The second-order valence-electron chi connectivity index (χ2n) is 4.35. The van der Waals surface area contributed by atoms with Crippen LogP contribution in [0.3, 0.4) is 0 Å². The van der Waals surface area contributed by atoms with Crippen LogP contribution in [0.1, 0.15) is 45.1 Å². The van der Waals surface area contributed by atoms with Crippen molar-refractivity contribution in [3.63, 3.8) is 0 Å². The van der Waals surface area contributed by atoms with Gasteiger partial charge in [0.2, 0.25) is 0 Å². The fourth-order valence-corrected chi connectivity index (χ4v) is 2.48. The fraction of sp³-hybridized carbons (Fsp3) is 0.571. The van der Waals surface area contributed by atoms with E-state index in [-0.39, 0.29) is 5.41 Å². The standard InChI is InChI=1S/C14H23N/c1-3-10-14(12-15,11-4-2)13-8-6-5-7-9-13/h5-9H,3-4,10-12,15H2,1-2H3. The van der Waals surface area contributed by atoms with Gasteiger partial charge in [-0.1, -0.05) is 57.0 Å². The molecule has 1 aromatic carbocycles. The average Bonchev–Trinajstić information content (AvgIpc) is 2.30. The van der Waals surface area contributed by atoms with E-state index in [9.17, 15) is 0 Å². The zero-order chi connectivity index (χ0) is 11.1. The normalized spacial score (nSPS) is 11.7. The highest BCUT2D eigenvalue weighted by molar-refractivity contribution is 5.25. The Kier molecular flexibility index (Phi) is 4.83. The molecule has 0 aliphatic carbocycles. The summed E-state index contributed by atoms with van der Waals surface area (Å²) in [7, 11) is 0. The molecule has 0 aliphatic heterocycles. The topological polar surface area (TPSA) is 26.0 Å². The van der Waals surface area contributed by atoms with Crippen molar-refractivity contribution >= 4 is 0 Å². The van der Waals surface area contributed by atoms with E-state index in [1.807, 2.05) is 0 Å². The Morgan fingerprint density at radius 1 is 1.00 bits per heavy atom. The highest BCUT2D eigenvalue weighted by Gasteiger charge is 2.28. The molecule has 0 saturated heterocycles. The maximum Gasteiger partial charge on any atom is 0.00753 e. The Hall–Kier alpha value is -0.820. The van der Waals surface area contributed by atoms with Crippen molar-refractivity contribution < 1.29 is 0 Å². The molecular formula is C14H23N. The van der Waals surface area contributed by atoms with Gasteiger partial charge in [0.05, 0.1) is 0 Å². The highest BCUT2D eigenvalue weighted by atomic mass is 14.6. The zero-order valence-electron chi connectivity index (χ0n) is 10.00. The third kappa shape index (κ3) is 2.82. The van der Waals surface area contributed by atoms with Crippen molar-refractivity contribution in [1.29, 1.82) is 0 Å². The molecule has 0 atom stereocenters. The summed E-state index contributed by atoms with van der Waals surface area (Å²) in [5, 5.41) is 0. The quantitative estimate of drug-likeness (QED) is 0.756. The van der Waals surface area contributed by atoms with Crippen LogP contribution in [-0.2, 0) is 5.41 Å². The van der Waals surface area contributed by atoms with Crippen LogP contribution in [-0.4, -0.2) is 6.54 Å². The molecule has 0 spiro atoms. The van der Waals surface area contributed by atoms with Crippen LogP contribution in [0.5, 0.6) is 0 Å². The predicted molar refractivity (Wildman–Crippen MR) is 67.0 cm³/mol. The molecule has 2 N–H and O–H groups in total. The maximum absolute atomic E-state index is 6.01. The van der Waals surface area contributed by atoms with Crippen LogP contribution in [0, 0.1) is 0 Å². The van der Waals surface area contributed by atoms with Crippen molar-refractivity contribution in [2.45, 2.75) is 44.9 Å². The first-order valence-electron chi connectivity index (χ1n) is 6.04. The fourth-order valence-electron chi connectivity index (χ4n) is 2.48. The second-order valence-corrected chi connectivity index (χ2v) is 4.35. The molecule has 0 saturated carbocycles. The second kappa shape index (κ2) is 5.92. The lowest BCUT2D eigenvalue weighted by atomic mass is 9.73. The minimum atomic E-state index is 0.213. The minimum Gasteiger partial charge on any atom is -0.330 e. The van der Waals surface area contributed by atoms with E-state index in [2.05, 4.69) is 44.2 Å². The molecule has 0 amide bonds. The minimum absolute atomic E-state index is 0.213. The number of rotatable bonds is 6. The van der Waals surface area contributed by atoms with Gasteiger partial charge in [-0.15, -0.1) is 0 Å². The number of hydrogen-bond donors (Lipinski definition) is 1. The summed E-state index contributed by atoms with van der Waals surface area (Å²) >= 11 is 0. The van der Waals surface area contributed by atoms with E-state index in [0.29, 0.717) is 0 Å². The van der Waals surface area contributed by atoms with Crippen LogP contribution < -0.4 is 5.73 Å². The Morgan fingerprint density at radius 3 is 1.93 bits per heavy atom. The van der Waals surface area contributed by atoms with Crippen molar-refractivity contribution in [1.82, 2.24) is 0 Å². The van der Waals surface area contributed by atoms with Crippen molar-refractivity contribution in [3.05, 3.63) is 35.9 Å². The van der Waals surface area contributed by atoms with E-state index in [1.165, 1.54) is 31.2 Å². The Balaban J connectivity index is 2.97. The SMILES string of the molecule is CCCC(CN)(CCC)c1ccccc1. The van der Waals surface area contributed by atoms with Crippen molar-refractivity contribution in [2.75, 3.05) is 6.54 Å². The van der Waals surface area contributed by atoms with E-state index in [0.717, 1.165) is 6.54 Å². The summed E-state index contributed by atoms with van der Waals surface area (Å²) in [6.07, 6.45) is 4.79. The van der Waals surface area contributed by atoms with Gasteiger partial charge >= 0.3 is 0 Å². The van der Waals surface area contributed by atoms with Gasteiger partial charge in [-0.05, 0) is 18.4 Å². The van der Waals surface area contributed by atoms with Crippen molar-refractivity contribution in [2.24, 2.45) is 5.73 Å². The van der Waals surface area contributed by atoms with E-state index < -0.39 is 0 Å². The molecule has 1 nitrogen and oxygen atoms in total. The Bertz CT molecular complexity index is 260. The summed E-state index contributed by atoms with van der Waals surface area (Å²) < 4.78 is 0. The molecule has 0 unspecified atom stereocenters. The molecule has 0 radical (unpaired) electrons. The van der Waals surface area contributed by atoms with Crippen LogP contribution >= 0.6 is 0 Å². The third-order valence-electron chi connectivity index (χ3n) is 3.23. The highest BCUT2D eigenvalue weighted by Crippen LogP contribution is 2.33. The Labute approximate surface area is 93.7 Å². The van der Waals surface area contributed by atoms with Gasteiger partial charge in [-0.3, -0.25) is 0 Å². The Morgan fingerprint density at radius 2 is 1.53 bits per heavy atom. The van der Waals surface area contributed by atoms with Gasteiger partial charge < -0.3 is 5.73 Å². The lowest BCUT2D eigenvalue weighted by Crippen LogP contribution is -2.35. The van der Waals surface area contributed by atoms with Gasteiger partial charge in [-0.2, -0.15) is 0 Å². The first-order valence-corrected chi connectivity index (χ1v) is 6.04. The predicted octanol–water partition coefficient (Wildman–Crippen LogP) is 3.48. The molecular weight excluding hydrogens is 182 g/mol. The molecule has 84 valence electrons. The van der Waals surface area contributed by atoms with E-state index in [1.54, 1.807) is 0 Å². The number of hydrogen-bond acceptors (Lipinski definition) is 1. The largest absolute Gasteiger partial charge is 0.330 e. The zero-order valence-corrected chi connectivity index (χ0v) is 10.00. The first kappa shape index (κ1) is 12.3. The monoisotopic (exact) mass is 205 g/mol. The summed E-state index contributed by atoms with van der Waals surface area (Å²) in [5.41, 5.74) is 7.64. The van der Waals surface area contributed by atoms with Crippen LogP contribution in [0.15, 0.2) is 30.3 Å². The number of nitrogens with two attached hydrogens (primary N) is 1. The van der Waals surface area contributed by atoms with Crippen LogP contribution in [0.25, 0.3) is 0 Å². The summed E-state index contributed by atoms with van der Waals surface area (Å²) in [6.45, 7) is 5.24. The lowest BCUT2D eigenvalue weighted by molar-refractivity contribution is 0.365. The molecule has 15 heavy (non-hydrogen) atoms. The maximum atomic E-state index is 6.01. The summed E-state index contributed by atoms with van der Waals surface area (Å²) in [6, 6.07) is 10.7. The molecule has 0 aromatic heterocycles. The first-order chi connectivity index (χ1) is 7.29. The average molecular weight is 205 g/mol. The smallest absolute Gasteiger partial charge is 0.00753 e. The molecule has 0 fully saturated rings. The van der Waals surface area contributed by atoms with Gasteiger partial charge in [-0.25, -0.2) is 0 Å². The molecule has 1 aromatic rings. The van der Waals surface area contributed by atoms with Gasteiger partial charge in [0.15, 0.2) is 0 Å². The van der Waals surface area contributed by atoms with Gasteiger partial charge in [0.25, 0.3) is 0 Å². The van der Waals surface area contributed by atoms with Crippen molar-refractivity contribution in [3.8, 4) is 0 Å². The van der Waals surface area contributed by atoms with Crippen LogP contribution in [0.4, 0.5) is 0 Å². The van der Waals surface area contributed by atoms with E-state index in [4.69, 9.17) is 5.73 Å². The van der Waals surface area contributed by atoms with Gasteiger partial charge in [0, 0.05) is 12.0 Å². The van der Waals surface area contributed by atoms with Crippen LogP contribution in [0.2, 0.25) is 0 Å². The molecule has 0 aliphatic rings. The summed E-state index contributed by atoms with van der Waals surface area (Å²) in [5.74, 6) is 0. The van der Waals surface area contributed by atoms with E-state index >= 15 is 0 Å². The molecule has 1 heteroatoms. The molecule has 0 heterocycles. The summed E-state index contributed by atoms with van der Waals surface area (Å²) in [4.78, 5) is 0. The molecule has 1 rings (SSSR count). The third-order valence-corrected chi connectivity index (χ3v) is 3.23. The number of benzene rings is 1.